The summed E-state index contributed by atoms with van der Waals surface area (Å²) in [5.74, 6) is 1.73. The van der Waals surface area contributed by atoms with Gasteiger partial charge in [0, 0.05) is 4.70 Å². The molecule has 1 aromatic heterocycles. The van der Waals surface area contributed by atoms with Crippen LogP contribution in [0, 0.1) is 11.8 Å². The lowest BCUT2D eigenvalue weighted by molar-refractivity contribution is 0.304. The van der Waals surface area contributed by atoms with Crippen molar-refractivity contribution in [2.24, 2.45) is 11.8 Å². The van der Waals surface area contributed by atoms with E-state index in [1.807, 2.05) is 11.3 Å². The Morgan fingerprint density at radius 2 is 1.90 bits per heavy atom. The van der Waals surface area contributed by atoms with Crippen LogP contribution in [0.25, 0.3) is 10.1 Å². The molecule has 0 spiro atoms. The van der Waals surface area contributed by atoms with E-state index in [2.05, 4.69) is 42.0 Å². The number of hydrogen-bond acceptors (Lipinski definition) is 2. The topological polar surface area (TPSA) is 12.0 Å². The third kappa shape index (κ3) is 3.07. The summed E-state index contributed by atoms with van der Waals surface area (Å²) >= 11 is 1.91. The van der Waals surface area contributed by atoms with E-state index in [0.29, 0.717) is 0 Å². The molecule has 1 aromatic carbocycles. The van der Waals surface area contributed by atoms with Crippen LogP contribution < -0.4 is 5.32 Å². The first-order chi connectivity index (χ1) is 9.88. The van der Waals surface area contributed by atoms with Gasteiger partial charge in [-0.05, 0) is 67.1 Å². The highest BCUT2D eigenvalue weighted by Crippen LogP contribution is 2.34. The highest BCUT2D eigenvalue weighted by atomic mass is 32.1. The molecule has 0 aliphatic heterocycles. The molecule has 20 heavy (non-hydrogen) atoms. The van der Waals surface area contributed by atoms with Gasteiger partial charge in [0.1, 0.15) is 0 Å². The smallest absolute Gasteiger partial charge is 0.0345 e. The van der Waals surface area contributed by atoms with Gasteiger partial charge in [-0.25, -0.2) is 0 Å². The van der Waals surface area contributed by atoms with Gasteiger partial charge in [0.15, 0.2) is 0 Å². The Hall–Kier alpha value is -0.860. The van der Waals surface area contributed by atoms with Crippen molar-refractivity contribution in [2.75, 3.05) is 13.6 Å². The van der Waals surface area contributed by atoms with Gasteiger partial charge in [0.05, 0.1) is 0 Å². The zero-order chi connectivity index (χ0) is 13.8. The molecule has 2 unspecified atom stereocenters. The summed E-state index contributed by atoms with van der Waals surface area (Å²) in [4.78, 5) is 0. The maximum absolute atomic E-state index is 3.41. The molecule has 2 heteroatoms. The van der Waals surface area contributed by atoms with E-state index in [-0.39, 0.29) is 0 Å². The number of benzene rings is 1. The Bertz CT molecular complexity index is 545. The minimum atomic E-state index is 0.862. The second-order valence-electron chi connectivity index (χ2n) is 6.18. The Balaban J connectivity index is 1.80. The number of hydrogen-bond donors (Lipinski definition) is 1. The van der Waals surface area contributed by atoms with Crippen molar-refractivity contribution >= 4 is 21.4 Å². The summed E-state index contributed by atoms with van der Waals surface area (Å²) in [5, 5.41) is 7.30. The molecule has 1 aliphatic rings. The molecule has 1 saturated carbocycles. The molecule has 1 N–H and O–H groups in total. The van der Waals surface area contributed by atoms with Crippen LogP contribution in [0.3, 0.4) is 0 Å². The van der Waals surface area contributed by atoms with E-state index in [0.717, 1.165) is 11.8 Å². The average Bonchev–Trinajstić information content (AvgIpc) is 2.75. The quantitative estimate of drug-likeness (QED) is 0.792. The highest BCUT2D eigenvalue weighted by molar-refractivity contribution is 7.17. The first kappa shape index (κ1) is 14.1. The zero-order valence-corrected chi connectivity index (χ0v) is 13.2. The monoisotopic (exact) mass is 287 g/mol. The number of rotatable bonds is 4. The zero-order valence-electron chi connectivity index (χ0n) is 12.4. The van der Waals surface area contributed by atoms with Gasteiger partial charge in [0.25, 0.3) is 0 Å². The van der Waals surface area contributed by atoms with Gasteiger partial charge in [-0.3, -0.25) is 0 Å². The van der Waals surface area contributed by atoms with Crippen LogP contribution >= 0.6 is 11.3 Å². The van der Waals surface area contributed by atoms with Crippen molar-refractivity contribution in [2.45, 2.75) is 38.5 Å². The fourth-order valence-corrected chi connectivity index (χ4v) is 4.71. The molecule has 1 nitrogen and oxygen atoms in total. The lowest BCUT2D eigenvalue weighted by atomic mass is 9.83. The first-order valence-corrected chi connectivity index (χ1v) is 8.86. The predicted molar refractivity (Wildman–Crippen MR) is 89.5 cm³/mol. The molecule has 1 fully saturated rings. The van der Waals surface area contributed by atoms with Gasteiger partial charge in [-0.15, -0.1) is 11.3 Å². The van der Waals surface area contributed by atoms with Crippen molar-refractivity contribution in [3.8, 4) is 0 Å². The van der Waals surface area contributed by atoms with E-state index in [1.54, 1.807) is 5.56 Å². The van der Waals surface area contributed by atoms with Crippen LogP contribution in [0.15, 0.2) is 29.6 Å². The molecule has 108 valence electrons. The molecule has 1 aliphatic carbocycles. The van der Waals surface area contributed by atoms with Crippen LogP contribution in [0.2, 0.25) is 0 Å². The molecule has 2 aromatic rings. The number of nitrogens with one attached hydrogen (secondary N) is 1. The van der Waals surface area contributed by atoms with Crippen LogP contribution in [-0.4, -0.2) is 13.6 Å². The van der Waals surface area contributed by atoms with Gasteiger partial charge in [-0.2, -0.15) is 0 Å². The van der Waals surface area contributed by atoms with E-state index in [1.165, 1.54) is 55.2 Å². The molecule has 3 rings (SSSR count). The van der Waals surface area contributed by atoms with Gasteiger partial charge in [0.2, 0.25) is 0 Å². The molecule has 0 saturated heterocycles. The Kier molecular flexibility index (Phi) is 4.74. The second kappa shape index (κ2) is 6.73. The molecule has 0 radical (unpaired) electrons. The van der Waals surface area contributed by atoms with Crippen LogP contribution in [0.5, 0.6) is 0 Å². The maximum atomic E-state index is 3.41. The van der Waals surface area contributed by atoms with Crippen LogP contribution in [0.4, 0.5) is 0 Å². The Morgan fingerprint density at radius 1 is 1.10 bits per heavy atom. The summed E-state index contributed by atoms with van der Waals surface area (Å²) in [6, 6.07) is 8.88. The minimum absolute atomic E-state index is 0.862. The molecule has 0 bridgehead atoms. The summed E-state index contributed by atoms with van der Waals surface area (Å²) in [6.45, 7) is 1.19. The standard InChI is InChI=1S/C18H25NS/c1-19-12-15-8-4-2-3-7-14(15)11-16-13-20-18-10-6-5-9-17(16)18/h5-6,9-10,13-15,19H,2-4,7-8,11-12H2,1H3. The molecular weight excluding hydrogens is 262 g/mol. The van der Waals surface area contributed by atoms with Gasteiger partial charge in [-0.1, -0.05) is 37.5 Å². The lowest BCUT2D eigenvalue weighted by Crippen LogP contribution is -2.26. The van der Waals surface area contributed by atoms with E-state index < -0.39 is 0 Å². The van der Waals surface area contributed by atoms with Crippen molar-refractivity contribution in [1.29, 1.82) is 0 Å². The second-order valence-corrected chi connectivity index (χ2v) is 7.09. The lowest BCUT2D eigenvalue weighted by Gasteiger charge is -2.25. The van der Waals surface area contributed by atoms with Crippen LogP contribution in [0.1, 0.15) is 37.7 Å². The first-order valence-electron chi connectivity index (χ1n) is 7.98. The van der Waals surface area contributed by atoms with Crippen molar-refractivity contribution in [3.05, 3.63) is 35.2 Å². The van der Waals surface area contributed by atoms with Gasteiger partial charge < -0.3 is 5.32 Å². The number of fused-ring (bicyclic) bond motifs is 1. The molecule has 1 heterocycles. The molecule has 2 atom stereocenters. The van der Waals surface area contributed by atoms with Crippen molar-refractivity contribution in [1.82, 2.24) is 5.32 Å². The van der Waals surface area contributed by atoms with Gasteiger partial charge >= 0.3 is 0 Å². The number of thiophene rings is 1. The summed E-state index contributed by atoms with van der Waals surface area (Å²) in [7, 11) is 2.10. The molecule has 0 amide bonds. The highest BCUT2D eigenvalue weighted by Gasteiger charge is 2.24. The third-order valence-electron chi connectivity index (χ3n) is 4.83. The fraction of sp³-hybridized carbons (Fsp3) is 0.556. The van der Waals surface area contributed by atoms with E-state index >= 15 is 0 Å². The minimum Gasteiger partial charge on any atom is -0.319 e. The third-order valence-corrected chi connectivity index (χ3v) is 5.84. The fourth-order valence-electron chi connectivity index (χ4n) is 3.73. The Morgan fingerprint density at radius 3 is 2.75 bits per heavy atom. The Labute approximate surface area is 126 Å². The van der Waals surface area contributed by atoms with Crippen molar-refractivity contribution in [3.63, 3.8) is 0 Å². The average molecular weight is 287 g/mol. The van der Waals surface area contributed by atoms with E-state index in [4.69, 9.17) is 0 Å². The van der Waals surface area contributed by atoms with E-state index in [9.17, 15) is 0 Å². The molecular formula is C18H25NS. The summed E-state index contributed by atoms with van der Waals surface area (Å²) in [6.07, 6.45) is 8.38. The largest absolute Gasteiger partial charge is 0.319 e. The SMILES string of the molecule is CNCC1CCCCCC1Cc1csc2ccccc12. The predicted octanol–water partition coefficient (Wildman–Crippen LogP) is 4.86. The van der Waals surface area contributed by atoms with Crippen molar-refractivity contribution < 1.29 is 0 Å². The summed E-state index contributed by atoms with van der Waals surface area (Å²) in [5.41, 5.74) is 1.58. The van der Waals surface area contributed by atoms with Crippen LogP contribution in [-0.2, 0) is 6.42 Å². The normalized spacial score (nSPS) is 23.9. The maximum Gasteiger partial charge on any atom is 0.0345 e. The summed E-state index contributed by atoms with van der Waals surface area (Å²) < 4.78 is 1.45.